The summed E-state index contributed by atoms with van der Waals surface area (Å²) in [5.74, 6) is 0. The van der Waals surface area contributed by atoms with E-state index < -0.39 is 10.0 Å². The van der Waals surface area contributed by atoms with E-state index in [4.69, 9.17) is 0 Å². The van der Waals surface area contributed by atoms with E-state index in [2.05, 4.69) is 14.8 Å². The Bertz CT molecular complexity index is 745. The van der Waals surface area contributed by atoms with E-state index >= 15 is 0 Å². The summed E-state index contributed by atoms with van der Waals surface area (Å²) in [5.41, 5.74) is 1.93. The van der Waals surface area contributed by atoms with Gasteiger partial charge in [-0.15, -0.1) is 0 Å². The Balaban J connectivity index is 2.08. The molecule has 0 aliphatic heterocycles. The average molecular weight is 325 g/mol. The van der Waals surface area contributed by atoms with Gasteiger partial charge in [-0.2, -0.15) is 5.10 Å². The standard InChI is InChI=1S/C14H23N5O2S/c1-10(2)18-8-14(15-9-18)22(20,21)17-12(4)7-19-13(5)6-11(3)16-19/h6,8-10,12,17H,7H2,1-5H3. The summed E-state index contributed by atoms with van der Waals surface area (Å²) in [7, 11) is -3.62. The van der Waals surface area contributed by atoms with Crippen LogP contribution in [0, 0.1) is 13.8 Å². The number of nitrogens with one attached hydrogen (secondary N) is 1. The van der Waals surface area contributed by atoms with Crippen molar-refractivity contribution in [3.8, 4) is 0 Å². The SMILES string of the molecule is Cc1cc(C)n(CC(C)NS(=O)(=O)c2cn(C(C)C)cn2)n1. The molecule has 7 nitrogen and oxygen atoms in total. The smallest absolute Gasteiger partial charge is 0.259 e. The molecule has 122 valence electrons. The fraction of sp³-hybridized carbons (Fsp3) is 0.571. The zero-order valence-electron chi connectivity index (χ0n) is 13.6. The predicted octanol–water partition coefficient (Wildman–Crippen LogP) is 1.64. The van der Waals surface area contributed by atoms with Crippen LogP contribution in [0.5, 0.6) is 0 Å². The van der Waals surface area contributed by atoms with Gasteiger partial charge in [0, 0.05) is 24.0 Å². The van der Waals surface area contributed by atoms with Crippen molar-refractivity contribution in [1.29, 1.82) is 0 Å². The van der Waals surface area contributed by atoms with E-state index in [1.807, 2.05) is 40.7 Å². The van der Waals surface area contributed by atoms with Crippen LogP contribution in [0.2, 0.25) is 0 Å². The number of aryl methyl sites for hydroxylation is 2. The Morgan fingerprint density at radius 1 is 1.27 bits per heavy atom. The van der Waals surface area contributed by atoms with Crippen LogP contribution in [-0.4, -0.2) is 33.8 Å². The van der Waals surface area contributed by atoms with Crippen LogP contribution in [0.1, 0.15) is 38.2 Å². The third-order valence-electron chi connectivity index (χ3n) is 3.36. The van der Waals surface area contributed by atoms with Crippen LogP contribution in [0.3, 0.4) is 0 Å². The monoisotopic (exact) mass is 325 g/mol. The number of rotatable bonds is 6. The van der Waals surface area contributed by atoms with Crippen LogP contribution in [-0.2, 0) is 16.6 Å². The van der Waals surface area contributed by atoms with E-state index in [0.29, 0.717) is 6.54 Å². The van der Waals surface area contributed by atoms with E-state index in [9.17, 15) is 8.42 Å². The highest BCUT2D eigenvalue weighted by Gasteiger charge is 2.21. The summed E-state index contributed by atoms with van der Waals surface area (Å²) in [5, 5.41) is 4.39. The van der Waals surface area contributed by atoms with E-state index in [1.54, 1.807) is 15.4 Å². The summed E-state index contributed by atoms with van der Waals surface area (Å²) < 4.78 is 30.9. The Kier molecular flexibility index (Phi) is 4.72. The molecular weight excluding hydrogens is 302 g/mol. The first-order valence-corrected chi connectivity index (χ1v) is 8.74. The second kappa shape index (κ2) is 6.21. The van der Waals surface area contributed by atoms with Gasteiger partial charge in [0.25, 0.3) is 10.0 Å². The lowest BCUT2D eigenvalue weighted by Gasteiger charge is -2.14. The van der Waals surface area contributed by atoms with Crippen molar-refractivity contribution in [2.24, 2.45) is 0 Å². The van der Waals surface area contributed by atoms with Crippen molar-refractivity contribution < 1.29 is 8.42 Å². The van der Waals surface area contributed by atoms with Gasteiger partial charge in [-0.3, -0.25) is 4.68 Å². The van der Waals surface area contributed by atoms with Gasteiger partial charge in [-0.25, -0.2) is 18.1 Å². The van der Waals surface area contributed by atoms with Gasteiger partial charge in [-0.1, -0.05) is 0 Å². The van der Waals surface area contributed by atoms with Crippen molar-refractivity contribution in [3.05, 3.63) is 30.0 Å². The molecule has 0 aliphatic rings. The second-order valence-electron chi connectivity index (χ2n) is 5.88. The molecule has 1 atom stereocenters. The summed E-state index contributed by atoms with van der Waals surface area (Å²) in [6, 6.07) is 1.85. The minimum absolute atomic E-state index is 0.0430. The summed E-state index contributed by atoms with van der Waals surface area (Å²) in [6.07, 6.45) is 3.08. The lowest BCUT2D eigenvalue weighted by molar-refractivity contribution is 0.484. The molecule has 2 aromatic heterocycles. The molecule has 2 aromatic rings. The van der Waals surface area contributed by atoms with Crippen molar-refractivity contribution in [1.82, 2.24) is 24.1 Å². The van der Waals surface area contributed by atoms with Crippen molar-refractivity contribution in [3.63, 3.8) is 0 Å². The van der Waals surface area contributed by atoms with Crippen molar-refractivity contribution in [2.75, 3.05) is 0 Å². The zero-order chi connectivity index (χ0) is 16.5. The van der Waals surface area contributed by atoms with Gasteiger partial charge in [-0.05, 0) is 40.7 Å². The number of nitrogens with zero attached hydrogens (tertiary/aromatic N) is 4. The number of imidazole rings is 1. The summed E-state index contributed by atoms with van der Waals surface area (Å²) >= 11 is 0. The largest absolute Gasteiger partial charge is 0.334 e. The van der Waals surface area contributed by atoms with Crippen LogP contribution in [0.4, 0.5) is 0 Å². The molecule has 2 heterocycles. The first-order chi connectivity index (χ1) is 10.2. The second-order valence-corrected chi connectivity index (χ2v) is 7.55. The van der Waals surface area contributed by atoms with E-state index in [-0.39, 0.29) is 17.1 Å². The molecule has 0 aromatic carbocycles. The van der Waals surface area contributed by atoms with Gasteiger partial charge in [0.15, 0.2) is 5.03 Å². The molecule has 22 heavy (non-hydrogen) atoms. The number of sulfonamides is 1. The minimum atomic E-state index is -3.62. The molecule has 1 N–H and O–H groups in total. The molecule has 8 heteroatoms. The normalized spacial score (nSPS) is 13.7. The fourth-order valence-corrected chi connectivity index (χ4v) is 3.39. The molecule has 0 saturated heterocycles. The minimum Gasteiger partial charge on any atom is -0.334 e. The molecule has 0 aliphatic carbocycles. The maximum atomic E-state index is 12.3. The van der Waals surface area contributed by atoms with Gasteiger partial charge in [0.1, 0.15) is 0 Å². The average Bonchev–Trinajstić information content (AvgIpc) is 2.96. The molecule has 1 unspecified atom stereocenters. The number of aromatic nitrogens is 4. The van der Waals surface area contributed by atoms with Gasteiger partial charge < -0.3 is 4.57 Å². The third kappa shape index (κ3) is 3.75. The van der Waals surface area contributed by atoms with E-state index in [0.717, 1.165) is 11.4 Å². The van der Waals surface area contributed by atoms with Crippen LogP contribution >= 0.6 is 0 Å². The highest BCUT2D eigenvalue weighted by atomic mass is 32.2. The maximum absolute atomic E-state index is 12.3. The van der Waals surface area contributed by atoms with Gasteiger partial charge in [0.05, 0.1) is 18.6 Å². The van der Waals surface area contributed by atoms with Crippen LogP contribution < -0.4 is 4.72 Å². The first kappa shape index (κ1) is 16.7. The molecule has 2 rings (SSSR count). The quantitative estimate of drug-likeness (QED) is 0.875. The lowest BCUT2D eigenvalue weighted by atomic mass is 10.3. The summed E-state index contributed by atoms with van der Waals surface area (Å²) in [6.45, 7) is 10.1. The van der Waals surface area contributed by atoms with Crippen molar-refractivity contribution >= 4 is 10.0 Å². The molecular formula is C14H23N5O2S. The first-order valence-electron chi connectivity index (χ1n) is 7.26. The van der Waals surface area contributed by atoms with E-state index in [1.165, 1.54) is 6.33 Å². The molecule has 0 saturated carbocycles. The number of hydrogen-bond acceptors (Lipinski definition) is 4. The van der Waals surface area contributed by atoms with Gasteiger partial charge >= 0.3 is 0 Å². The fourth-order valence-electron chi connectivity index (χ4n) is 2.22. The Labute approximate surface area is 131 Å². The molecule has 0 bridgehead atoms. The molecule has 0 radical (unpaired) electrons. The lowest BCUT2D eigenvalue weighted by Crippen LogP contribution is -2.36. The van der Waals surface area contributed by atoms with Crippen LogP contribution in [0.15, 0.2) is 23.6 Å². The predicted molar refractivity (Wildman–Crippen MR) is 84.1 cm³/mol. The van der Waals surface area contributed by atoms with Crippen LogP contribution in [0.25, 0.3) is 0 Å². The highest BCUT2D eigenvalue weighted by Crippen LogP contribution is 2.11. The van der Waals surface area contributed by atoms with Gasteiger partial charge in [0.2, 0.25) is 0 Å². The topological polar surface area (TPSA) is 81.8 Å². The maximum Gasteiger partial charge on any atom is 0.259 e. The molecule has 0 amide bonds. The zero-order valence-corrected chi connectivity index (χ0v) is 14.4. The Morgan fingerprint density at radius 2 is 1.95 bits per heavy atom. The summed E-state index contributed by atoms with van der Waals surface area (Å²) in [4.78, 5) is 3.98. The molecule has 0 spiro atoms. The Hall–Kier alpha value is -1.67. The molecule has 0 fully saturated rings. The number of hydrogen-bond donors (Lipinski definition) is 1. The highest BCUT2D eigenvalue weighted by molar-refractivity contribution is 7.89. The Morgan fingerprint density at radius 3 is 2.45 bits per heavy atom. The third-order valence-corrected chi connectivity index (χ3v) is 4.83. The van der Waals surface area contributed by atoms with Crippen molar-refractivity contribution in [2.45, 2.75) is 58.3 Å².